The molecule has 3 fully saturated rings. The number of Topliss-reactive ketones (excluding diaryl/α,β-unsaturated/α-hetero) is 1. The minimum absolute atomic E-state index is 0.0106. The number of carbonyl (C=O) groups excluding carboxylic acids is 3. The molecule has 4 heterocycles. The van der Waals surface area contributed by atoms with Crippen LogP contribution in [0.15, 0.2) is 36.5 Å². The number of aromatic nitrogens is 1. The van der Waals surface area contributed by atoms with E-state index >= 15 is 0 Å². The van der Waals surface area contributed by atoms with E-state index in [0.717, 1.165) is 57.4 Å². The molecule has 3 saturated heterocycles. The van der Waals surface area contributed by atoms with E-state index in [1.807, 2.05) is 12.1 Å². The molecule has 1 aromatic heterocycles. The fraction of sp³-hybridized carbons (Fsp3) is 0.481. The Hall–Kier alpha value is -3.46. The Bertz CT molecular complexity index is 1130. The van der Waals surface area contributed by atoms with Gasteiger partial charge in [-0.2, -0.15) is 0 Å². The minimum Gasteiger partial charge on any atom is -0.382 e. The zero-order valence-electron chi connectivity index (χ0n) is 20.6. The Balaban J connectivity index is 1.26. The highest BCUT2D eigenvalue weighted by atomic mass is 16.2. The Labute approximate surface area is 211 Å². The molecule has 5 N–H and O–H groups in total. The standard InChI is InChI=1S/C27H34N6O3/c1-16(34)18-3-7-25(30-15-18)33-21-4-5-22(33)14-20(13-21)32-27(36)17-2-6-23(26(28)35)24(12-17)31-19-8-10-29-11-9-19/h2-3,6-7,12,15,19-22,29,31H,4-5,8-11,13-14H2,1H3,(H2,28,35)(H,32,36)/t20-,21+,22-. The second kappa shape index (κ2) is 10.3. The van der Waals surface area contributed by atoms with Crippen LogP contribution >= 0.6 is 0 Å². The second-order valence-corrected chi connectivity index (χ2v) is 10.2. The molecule has 0 aliphatic carbocycles. The van der Waals surface area contributed by atoms with Gasteiger partial charge in [0.1, 0.15) is 5.82 Å². The third-order valence-corrected chi connectivity index (χ3v) is 7.73. The van der Waals surface area contributed by atoms with Crippen molar-refractivity contribution < 1.29 is 14.4 Å². The second-order valence-electron chi connectivity index (χ2n) is 10.2. The van der Waals surface area contributed by atoms with E-state index in [-0.39, 0.29) is 23.8 Å². The van der Waals surface area contributed by atoms with Gasteiger partial charge in [0.2, 0.25) is 0 Å². The van der Waals surface area contributed by atoms with Crippen LogP contribution in [0.1, 0.15) is 76.5 Å². The molecular weight excluding hydrogens is 456 g/mol. The first-order valence-corrected chi connectivity index (χ1v) is 12.9. The highest BCUT2D eigenvalue weighted by Crippen LogP contribution is 2.38. The van der Waals surface area contributed by atoms with Crippen molar-refractivity contribution >= 4 is 29.1 Å². The highest BCUT2D eigenvalue weighted by molar-refractivity contribution is 6.02. The van der Waals surface area contributed by atoms with E-state index in [1.54, 1.807) is 31.3 Å². The van der Waals surface area contributed by atoms with Gasteiger partial charge in [0, 0.05) is 47.2 Å². The molecule has 2 amide bonds. The fourth-order valence-electron chi connectivity index (χ4n) is 5.89. The van der Waals surface area contributed by atoms with Gasteiger partial charge in [0.15, 0.2) is 5.78 Å². The maximum atomic E-state index is 13.2. The molecule has 0 radical (unpaired) electrons. The molecule has 0 spiro atoms. The SMILES string of the molecule is CC(=O)c1ccc(N2[C@@H]3CC[C@H]2C[C@@H](NC(=O)c2ccc(C(N)=O)c(NC4CCNCC4)c2)C3)nc1. The van der Waals surface area contributed by atoms with Gasteiger partial charge in [0.25, 0.3) is 11.8 Å². The number of anilines is 2. The van der Waals surface area contributed by atoms with Gasteiger partial charge in [-0.1, -0.05) is 0 Å². The lowest BCUT2D eigenvalue weighted by Crippen LogP contribution is -2.50. The molecule has 0 saturated carbocycles. The summed E-state index contributed by atoms with van der Waals surface area (Å²) in [6.45, 7) is 3.38. The summed E-state index contributed by atoms with van der Waals surface area (Å²) < 4.78 is 0. The summed E-state index contributed by atoms with van der Waals surface area (Å²) in [7, 11) is 0. The van der Waals surface area contributed by atoms with Crippen molar-refractivity contribution in [3.8, 4) is 0 Å². The number of primary amides is 1. The summed E-state index contributed by atoms with van der Waals surface area (Å²) in [5.74, 6) is 0.262. The predicted molar refractivity (Wildman–Crippen MR) is 138 cm³/mol. The molecule has 0 unspecified atom stereocenters. The number of nitrogens with two attached hydrogens (primary N) is 1. The van der Waals surface area contributed by atoms with Crippen LogP contribution in [-0.2, 0) is 0 Å². The zero-order valence-corrected chi connectivity index (χ0v) is 20.6. The smallest absolute Gasteiger partial charge is 0.251 e. The molecule has 2 aromatic rings. The maximum Gasteiger partial charge on any atom is 0.251 e. The number of ketones is 1. The average Bonchev–Trinajstić information content (AvgIpc) is 3.14. The number of benzene rings is 1. The molecule has 190 valence electrons. The van der Waals surface area contributed by atoms with Gasteiger partial charge in [-0.25, -0.2) is 4.98 Å². The molecule has 3 atom stereocenters. The summed E-state index contributed by atoms with van der Waals surface area (Å²) in [6, 6.07) is 9.75. The van der Waals surface area contributed by atoms with E-state index < -0.39 is 5.91 Å². The van der Waals surface area contributed by atoms with Gasteiger partial charge >= 0.3 is 0 Å². The molecule has 9 heteroatoms. The Morgan fingerprint density at radius 2 is 1.67 bits per heavy atom. The summed E-state index contributed by atoms with van der Waals surface area (Å²) in [5.41, 5.74) is 7.76. The van der Waals surface area contributed by atoms with Crippen molar-refractivity contribution in [2.75, 3.05) is 23.3 Å². The molecule has 9 nitrogen and oxygen atoms in total. The molecule has 36 heavy (non-hydrogen) atoms. The molecule has 1 aromatic carbocycles. The molecular formula is C27H34N6O3. The van der Waals surface area contributed by atoms with Gasteiger partial charge in [-0.05, 0) is 88.9 Å². The van der Waals surface area contributed by atoms with Crippen LogP contribution < -0.4 is 26.6 Å². The summed E-state index contributed by atoms with van der Waals surface area (Å²) in [6.07, 6.45) is 7.35. The van der Waals surface area contributed by atoms with Crippen molar-refractivity contribution in [2.24, 2.45) is 5.73 Å². The first kappa shape index (κ1) is 24.2. The van der Waals surface area contributed by atoms with E-state index in [1.165, 1.54) is 0 Å². The van der Waals surface area contributed by atoms with Crippen LogP contribution in [-0.4, -0.2) is 59.8 Å². The van der Waals surface area contributed by atoms with Crippen LogP contribution in [0.3, 0.4) is 0 Å². The number of nitrogens with zero attached hydrogens (tertiary/aromatic N) is 2. The van der Waals surface area contributed by atoms with Gasteiger partial charge in [0.05, 0.1) is 5.56 Å². The first-order valence-electron chi connectivity index (χ1n) is 12.9. The van der Waals surface area contributed by atoms with Crippen LogP contribution in [0.5, 0.6) is 0 Å². The molecule has 3 aliphatic rings. The lowest BCUT2D eigenvalue weighted by atomic mass is 9.96. The zero-order chi connectivity index (χ0) is 25.2. The summed E-state index contributed by atoms with van der Waals surface area (Å²) in [5, 5.41) is 9.99. The Kier molecular flexibility index (Phi) is 6.91. The van der Waals surface area contributed by atoms with E-state index in [0.29, 0.717) is 34.5 Å². The number of carbonyl (C=O) groups is 3. The van der Waals surface area contributed by atoms with Crippen LogP contribution in [0.25, 0.3) is 0 Å². The van der Waals surface area contributed by atoms with E-state index in [2.05, 4.69) is 25.8 Å². The Morgan fingerprint density at radius 3 is 2.28 bits per heavy atom. The number of rotatable bonds is 7. The third-order valence-electron chi connectivity index (χ3n) is 7.73. The fourth-order valence-corrected chi connectivity index (χ4v) is 5.89. The number of pyridine rings is 1. The monoisotopic (exact) mass is 490 g/mol. The Morgan fingerprint density at radius 1 is 0.972 bits per heavy atom. The van der Waals surface area contributed by atoms with Crippen molar-refractivity contribution in [1.29, 1.82) is 0 Å². The first-order chi connectivity index (χ1) is 17.4. The van der Waals surface area contributed by atoms with Crippen LogP contribution in [0, 0.1) is 0 Å². The summed E-state index contributed by atoms with van der Waals surface area (Å²) in [4.78, 5) is 43.7. The number of hydrogen-bond donors (Lipinski definition) is 4. The highest BCUT2D eigenvalue weighted by Gasteiger charge is 2.41. The van der Waals surface area contributed by atoms with Crippen molar-refractivity contribution in [3.05, 3.63) is 53.2 Å². The van der Waals surface area contributed by atoms with E-state index in [4.69, 9.17) is 5.73 Å². The van der Waals surface area contributed by atoms with Crippen molar-refractivity contribution in [2.45, 2.75) is 69.6 Å². The number of hydrogen-bond acceptors (Lipinski definition) is 7. The normalized spacial score (nSPS) is 23.8. The lowest BCUT2D eigenvalue weighted by molar-refractivity contribution is 0.0924. The number of piperidine rings is 2. The van der Waals surface area contributed by atoms with Crippen LogP contribution in [0.2, 0.25) is 0 Å². The van der Waals surface area contributed by atoms with Gasteiger partial charge < -0.3 is 26.6 Å². The predicted octanol–water partition coefficient (Wildman–Crippen LogP) is 2.48. The minimum atomic E-state index is -0.507. The number of amides is 2. The van der Waals surface area contributed by atoms with Crippen molar-refractivity contribution in [1.82, 2.24) is 15.6 Å². The molecule has 3 aliphatic heterocycles. The topological polar surface area (TPSA) is 129 Å². The lowest BCUT2D eigenvalue weighted by Gasteiger charge is -2.40. The third kappa shape index (κ3) is 5.06. The molecule has 5 rings (SSSR count). The van der Waals surface area contributed by atoms with Crippen molar-refractivity contribution in [3.63, 3.8) is 0 Å². The number of nitrogens with one attached hydrogen (secondary N) is 3. The largest absolute Gasteiger partial charge is 0.382 e. The van der Waals surface area contributed by atoms with Gasteiger partial charge in [-0.3, -0.25) is 14.4 Å². The molecule has 2 bridgehead atoms. The summed E-state index contributed by atoms with van der Waals surface area (Å²) >= 11 is 0. The number of fused-ring (bicyclic) bond motifs is 2. The van der Waals surface area contributed by atoms with Gasteiger partial charge in [-0.15, -0.1) is 0 Å². The average molecular weight is 491 g/mol. The van der Waals surface area contributed by atoms with E-state index in [9.17, 15) is 14.4 Å². The maximum absolute atomic E-state index is 13.2. The quantitative estimate of drug-likeness (QED) is 0.439. The van der Waals surface area contributed by atoms with Crippen LogP contribution in [0.4, 0.5) is 11.5 Å².